The number of amides is 1. The smallest absolute Gasteiger partial charge is 0.289 e. The van der Waals surface area contributed by atoms with Gasteiger partial charge in [0, 0.05) is 25.0 Å². The van der Waals surface area contributed by atoms with Gasteiger partial charge in [-0.25, -0.2) is 5.43 Å². The van der Waals surface area contributed by atoms with Crippen molar-refractivity contribution in [3.63, 3.8) is 0 Å². The minimum atomic E-state index is -0.313. The lowest BCUT2D eigenvalue weighted by Gasteiger charge is -2.28. The molecule has 0 saturated carbocycles. The highest BCUT2D eigenvalue weighted by molar-refractivity contribution is 5.93. The minimum Gasteiger partial charge on any atom is -0.372 e. The molecule has 1 N–H and O–H groups in total. The van der Waals surface area contributed by atoms with Crippen molar-refractivity contribution in [2.75, 3.05) is 18.0 Å². The van der Waals surface area contributed by atoms with Crippen molar-refractivity contribution in [2.24, 2.45) is 5.10 Å². The Labute approximate surface area is 136 Å². The molecular formula is C18H20N4O. The van der Waals surface area contributed by atoms with E-state index in [0.29, 0.717) is 5.69 Å². The lowest BCUT2D eigenvalue weighted by atomic mass is 10.1. The van der Waals surface area contributed by atoms with E-state index < -0.39 is 0 Å². The summed E-state index contributed by atoms with van der Waals surface area (Å²) in [6.07, 6.45) is 7.08. The third-order valence-electron chi connectivity index (χ3n) is 3.89. The third kappa shape index (κ3) is 4.16. The number of hydrogen-bond acceptors (Lipinski definition) is 4. The van der Waals surface area contributed by atoms with Gasteiger partial charge in [-0.05, 0) is 49.1 Å². The average molecular weight is 308 g/mol. The maximum absolute atomic E-state index is 11.8. The number of rotatable bonds is 4. The molecule has 5 nitrogen and oxygen atoms in total. The van der Waals surface area contributed by atoms with Crippen LogP contribution in [-0.2, 0) is 0 Å². The molecule has 0 unspecified atom stereocenters. The Kier molecular flexibility index (Phi) is 4.99. The van der Waals surface area contributed by atoms with E-state index in [-0.39, 0.29) is 5.91 Å². The number of nitrogens with zero attached hydrogens (tertiary/aromatic N) is 3. The molecule has 0 bridgehead atoms. The lowest BCUT2D eigenvalue weighted by molar-refractivity contribution is 0.0950. The fourth-order valence-electron chi connectivity index (χ4n) is 2.64. The molecule has 1 fully saturated rings. The van der Waals surface area contributed by atoms with E-state index in [9.17, 15) is 4.79 Å². The van der Waals surface area contributed by atoms with Crippen LogP contribution in [0.1, 0.15) is 35.3 Å². The molecule has 1 aliphatic heterocycles. The normalized spacial score (nSPS) is 14.9. The predicted molar refractivity (Wildman–Crippen MR) is 91.8 cm³/mol. The van der Waals surface area contributed by atoms with Crippen LogP contribution in [0.2, 0.25) is 0 Å². The van der Waals surface area contributed by atoms with Crippen LogP contribution in [0.3, 0.4) is 0 Å². The van der Waals surface area contributed by atoms with Gasteiger partial charge in [-0.2, -0.15) is 5.10 Å². The number of carbonyl (C=O) groups is 1. The molecule has 1 aliphatic rings. The number of hydrogen-bond donors (Lipinski definition) is 1. The van der Waals surface area contributed by atoms with Crippen molar-refractivity contribution in [2.45, 2.75) is 19.3 Å². The van der Waals surface area contributed by atoms with Crippen LogP contribution < -0.4 is 10.3 Å². The Bertz CT molecular complexity index is 661. The fraction of sp³-hybridized carbons (Fsp3) is 0.278. The van der Waals surface area contributed by atoms with Crippen LogP contribution >= 0.6 is 0 Å². The van der Waals surface area contributed by atoms with Crippen LogP contribution in [-0.4, -0.2) is 30.2 Å². The van der Waals surface area contributed by atoms with Crippen LogP contribution in [0.15, 0.2) is 53.8 Å². The maximum Gasteiger partial charge on any atom is 0.289 e. The van der Waals surface area contributed by atoms with E-state index in [4.69, 9.17) is 0 Å². The monoisotopic (exact) mass is 308 g/mol. The van der Waals surface area contributed by atoms with E-state index in [1.165, 1.54) is 24.9 Å². The zero-order valence-corrected chi connectivity index (χ0v) is 13.0. The Morgan fingerprint density at radius 2 is 1.87 bits per heavy atom. The van der Waals surface area contributed by atoms with Crippen molar-refractivity contribution < 1.29 is 4.79 Å². The summed E-state index contributed by atoms with van der Waals surface area (Å²) in [6, 6.07) is 13.4. The SMILES string of the molecule is O=C(N/N=C/c1ccc(N2CCCCC2)cc1)c1ccccn1. The van der Waals surface area contributed by atoms with Crippen molar-refractivity contribution in [1.82, 2.24) is 10.4 Å². The van der Waals surface area contributed by atoms with Gasteiger partial charge in [0.15, 0.2) is 0 Å². The highest BCUT2D eigenvalue weighted by Crippen LogP contribution is 2.19. The molecule has 1 aromatic heterocycles. The van der Waals surface area contributed by atoms with E-state index >= 15 is 0 Å². The minimum absolute atomic E-state index is 0.313. The Balaban J connectivity index is 1.56. The summed E-state index contributed by atoms with van der Waals surface area (Å²) >= 11 is 0. The molecule has 2 aromatic rings. The van der Waals surface area contributed by atoms with Gasteiger partial charge < -0.3 is 4.90 Å². The Morgan fingerprint density at radius 3 is 2.57 bits per heavy atom. The van der Waals surface area contributed by atoms with E-state index in [1.54, 1.807) is 30.6 Å². The average Bonchev–Trinajstić information content (AvgIpc) is 2.64. The second-order valence-corrected chi connectivity index (χ2v) is 5.55. The van der Waals surface area contributed by atoms with Gasteiger partial charge in [0.1, 0.15) is 5.69 Å². The zero-order chi connectivity index (χ0) is 15.9. The highest BCUT2D eigenvalue weighted by Gasteiger charge is 2.10. The summed E-state index contributed by atoms with van der Waals surface area (Å²) in [5.41, 5.74) is 5.04. The predicted octanol–water partition coefficient (Wildman–Crippen LogP) is 2.84. The molecular weight excluding hydrogens is 288 g/mol. The van der Waals surface area contributed by atoms with Gasteiger partial charge in [0.25, 0.3) is 5.91 Å². The topological polar surface area (TPSA) is 57.6 Å². The van der Waals surface area contributed by atoms with Crippen LogP contribution in [0.4, 0.5) is 5.69 Å². The van der Waals surface area contributed by atoms with E-state index in [2.05, 4.69) is 32.5 Å². The molecule has 1 amide bonds. The van der Waals surface area contributed by atoms with Gasteiger partial charge in [-0.3, -0.25) is 9.78 Å². The summed E-state index contributed by atoms with van der Waals surface area (Å²) in [4.78, 5) is 18.2. The molecule has 0 atom stereocenters. The standard InChI is InChI=1S/C18H20N4O/c23-18(17-6-2-3-11-19-17)21-20-14-15-7-9-16(10-8-15)22-12-4-1-5-13-22/h2-3,6-11,14H,1,4-5,12-13H2,(H,21,23)/b20-14+. The van der Waals surface area contributed by atoms with Crippen LogP contribution in [0.25, 0.3) is 0 Å². The van der Waals surface area contributed by atoms with Gasteiger partial charge in [0.2, 0.25) is 0 Å². The number of benzene rings is 1. The number of hydrazone groups is 1. The van der Waals surface area contributed by atoms with Crippen molar-refractivity contribution >= 4 is 17.8 Å². The largest absolute Gasteiger partial charge is 0.372 e. The maximum atomic E-state index is 11.8. The lowest BCUT2D eigenvalue weighted by Crippen LogP contribution is -2.29. The summed E-state index contributed by atoms with van der Waals surface area (Å²) in [7, 11) is 0. The van der Waals surface area contributed by atoms with Gasteiger partial charge in [-0.1, -0.05) is 18.2 Å². The van der Waals surface area contributed by atoms with Crippen LogP contribution in [0, 0.1) is 0 Å². The summed E-state index contributed by atoms with van der Waals surface area (Å²) < 4.78 is 0. The number of anilines is 1. The number of piperidine rings is 1. The molecule has 0 radical (unpaired) electrons. The number of nitrogens with one attached hydrogen (secondary N) is 1. The summed E-state index contributed by atoms with van der Waals surface area (Å²) in [6.45, 7) is 2.27. The molecule has 0 aliphatic carbocycles. The summed E-state index contributed by atoms with van der Waals surface area (Å²) in [5.74, 6) is -0.313. The van der Waals surface area contributed by atoms with E-state index in [0.717, 1.165) is 18.7 Å². The number of carbonyl (C=O) groups excluding carboxylic acids is 1. The van der Waals surface area contributed by atoms with Crippen molar-refractivity contribution in [3.8, 4) is 0 Å². The third-order valence-corrected chi connectivity index (χ3v) is 3.89. The first kappa shape index (κ1) is 15.2. The van der Waals surface area contributed by atoms with Crippen molar-refractivity contribution in [1.29, 1.82) is 0 Å². The number of aromatic nitrogens is 1. The zero-order valence-electron chi connectivity index (χ0n) is 13.0. The molecule has 118 valence electrons. The van der Waals surface area contributed by atoms with Gasteiger partial charge in [0.05, 0.1) is 6.21 Å². The highest BCUT2D eigenvalue weighted by atomic mass is 16.2. The first-order valence-corrected chi connectivity index (χ1v) is 7.92. The van der Waals surface area contributed by atoms with Crippen molar-refractivity contribution in [3.05, 3.63) is 59.9 Å². The molecule has 23 heavy (non-hydrogen) atoms. The number of pyridine rings is 1. The second kappa shape index (κ2) is 7.54. The first-order valence-electron chi connectivity index (χ1n) is 7.92. The fourth-order valence-corrected chi connectivity index (χ4v) is 2.64. The molecule has 1 saturated heterocycles. The quantitative estimate of drug-likeness (QED) is 0.698. The molecule has 0 spiro atoms. The molecule has 3 rings (SSSR count). The summed E-state index contributed by atoms with van der Waals surface area (Å²) in [5, 5.41) is 3.98. The second-order valence-electron chi connectivity index (χ2n) is 5.55. The molecule has 1 aromatic carbocycles. The van der Waals surface area contributed by atoms with E-state index in [1.807, 2.05) is 12.1 Å². The van der Waals surface area contributed by atoms with Gasteiger partial charge in [-0.15, -0.1) is 0 Å². The molecule has 2 heterocycles. The molecule has 5 heteroatoms. The Morgan fingerprint density at radius 1 is 1.09 bits per heavy atom. The van der Waals surface area contributed by atoms with Gasteiger partial charge >= 0.3 is 0 Å². The van der Waals surface area contributed by atoms with Crippen LogP contribution in [0.5, 0.6) is 0 Å². The Hall–Kier alpha value is -2.69. The first-order chi connectivity index (χ1) is 11.3.